The molecule has 0 atom stereocenters. The first-order chi connectivity index (χ1) is 17.4. The molecule has 1 amide bonds. The quantitative estimate of drug-likeness (QED) is 0.281. The first kappa shape index (κ1) is 23.0. The molecule has 180 valence electrons. The molecule has 0 aliphatic heterocycles. The zero-order valence-corrected chi connectivity index (χ0v) is 19.8. The summed E-state index contributed by atoms with van der Waals surface area (Å²) in [4.78, 5) is 40.9. The predicted octanol–water partition coefficient (Wildman–Crippen LogP) is 4.59. The molecule has 0 fully saturated rings. The Hall–Kier alpha value is -4.72. The molecule has 8 heteroatoms. The topological polar surface area (TPSA) is 103 Å². The molecule has 0 spiro atoms. The zero-order valence-electron chi connectivity index (χ0n) is 19.8. The highest BCUT2D eigenvalue weighted by molar-refractivity contribution is 5.94. The van der Waals surface area contributed by atoms with Crippen molar-refractivity contribution in [1.82, 2.24) is 9.55 Å². The van der Waals surface area contributed by atoms with Crippen molar-refractivity contribution in [2.24, 2.45) is 7.05 Å². The summed E-state index contributed by atoms with van der Waals surface area (Å²) < 4.78 is 12.8. The maximum absolute atomic E-state index is 12.8. The number of esters is 1. The average Bonchev–Trinajstić information content (AvgIpc) is 3.16. The summed E-state index contributed by atoms with van der Waals surface area (Å²) in [5, 5.41) is 3.26. The van der Waals surface area contributed by atoms with Crippen LogP contribution in [0.3, 0.4) is 0 Å². The minimum absolute atomic E-state index is 0.111. The second kappa shape index (κ2) is 9.50. The minimum atomic E-state index is -0.575. The Morgan fingerprint density at radius 1 is 1.03 bits per heavy atom. The van der Waals surface area contributed by atoms with Gasteiger partial charge in [0.2, 0.25) is 5.91 Å². The van der Waals surface area contributed by atoms with E-state index in [1.54, 1.807) is 30.3 Å². The number of hydrogen-bond acceptors (Lipinski definition) is 6. The molecule has 3 aromatic carbocycles. The van der Waals surface area contributed by atoms with Gasteiger partial charge in [0.25, 0.3) is 0 Å². The van der Waals surface area contributed by atoms with Crippen LogP contribution in [0.25, 0.3) is 22.0 Å². The molecule has 1 N–H and O–H groups in total. The van der Waals surface area contributed by atoms with Crippen LogP contribution in [0.2, 0.25) is 0 Å². The van der Waals surface area contributed by atoms with E-state index in [-0.39, 0.29) is 12.5 Å². The lowest BCUT2D eigenvalue weighted by Crippen LogP contribution is -2.09. The van der Waals surface area contributed by atoms with Crippen LogP contribution < -0.4 is 10.9 Å². The summed E-state index contributed by atoms with van der Waals surface area (Å²) in [6.07, 6.45) is 0.680. The first-order valence-corrected chi connectivity index (χ1v) is 11.4. The summed E-state index contributed by atoms with van der Waals surface area (Å²) in [6.45, 7) is 1.28. The Kier molecular flexibility index (Phi) is 6.08. The summed E-state index contributed by atoms with van der Waals surface area (Å²) in [5.74, 6) is 0.130. The summed E-state index contributed by atoms with van der Waals surface area (Å²) in [6, 6.07) is 21.6. The van der Waals surface area contributed by atoms with Crippen molar-refractivity contribution in [3.8, 4) is 0 Å². The van der Waals surface area contributed by atoms with Crippen LogP contribution in [0.15, 0.2) is 82.0 Å². The third-order valence-electron chi connectivity index (χ3n) is 5.92. The van der Waals surface area contributed by atoms with E-state index >= 15 is 0 Å². The summed E-state index contributed by atoms with van der Waals surface area (Å²) in [7, 11) is 1.95. The van der Waals surface area contributed by atoms with Gasteiger partial charge in [0, 0.05) is 49.2 Å². The number of nitrogens with zero attached hydrogens (tertiary/aromatic N) is 2. The average molecular weight is 482 g/mol. The van der Waals surface area contributed by atoms with Crippen molar-refractivity contribution >= 4 is 39.6 Å². The number of fused-ring (bicyclic) bond motifs is 2. The molecule has 0 saturated heterocycles. The second-order valence-electron chi connectivity index (χ2n) is 8.51. The van der Waals surface area contributed by atoms with Crippen molar-refractivity contribution in [1.29, 1.82) is 0 Å². The van der Waals surface area contributed by atoms with Gasteiger partial charge in [0.05, 0.1) is 16.6 Å². The summed E-state index contributed by atoms with van der Waals surface area (Å²) >= 11 is 0. The van der Waals surface area contributed by atoms with Crippen LogP contribution >= 0.6 is 0 Å². The SMILES string of the molecule is CC(=O)Nc1ccc2c(COC(=O)c3ccc4c(c3)nc(Cc3ccccc3)n4C)cc(=O)oc2c1. The predicted molar refractivity (Wildman–Crippen MR) is 136 cm³/mol. The number of benzene rings is 3. The lowest BCUT2D eigenvalue weighted by Gasteiger charge is -2.09. The normalized spacial score (nSPS) is 11.1. The molecule has 2 heterocycles. The van der Waals surface area contributed by atoms with Gasteiger partial charge in [-0.25, -0.2) is 14.6 Å². The molecule has 5 rings (SSSR count). The van der Waals surface area contributed by atoms with Gasteiger partial charge in [-0.15, -0.1) is 0 Å². The van der Waals surface area contributed by atoms with E-state index in [4.69, 9.17) is 14.1 Å². The van der Waals surface area contributed by atoms with Crippen molar-refractivity contribution in [3.05, 3.63) is 106 Å². The van der Waals surface area contributed by atoms with Crippen LogP contribution in [-0.2, 0) is 29.6 Å². The number of carbonyl (C=O) groups is 2. The van der Waals surface area contributed by atoms with Gasteiger partial charge in [0.15, 0.2) is 0 Å². The molecule has 2 aromatic heterocycles. The van der Waals surface area contributed by atoms with Crippen LogP contribution in [0, 0.1) is 0 Å². The highest BCUT2D eigenvalue weighted by Gasteiger charge is 2.15. The van der Waals surface area contributed by atoms with Gasteiger partial charge in [0.1, 0.15) is 18.0 Å². The Balaban J connectivity index is 1.36. The Labute approximate surface area is 206 Å². The lowest BCUT2D eigenvalue weighted by molar-refractivity contribution is -0.114. The van der Waals surface area contributed by atoms with Gasteiger partial charge in [-0.05, 0) is 35.9 Å². The second-order valence-corrected chi connectivity index (χ2v) is 8.51. The van der Waals surface area contributed by atoms with E-state index in [9.17, 15) is 14.4 Å². The Morgan fingerprint density at radius 3 is 2.61 bits per heavy atom. The highest BCUT2D eigenvalue weighted by Crippen LogP contribution is 2.23. The molecule has 0 unspecified atom stereocenters. The molecule has 0 radical (unpaired) electrons. The van der Waals surface area contributed by atoms with E-state index in [1.807, 2.05) is 35.9 Å². The third-order valence-corrected chi connectivity index (χ3v) is 5.92. The highest BCUT2D eigenvalue weighted by atomic mass is 16.5. The number of hydrogen-bond donors (Lipinski definition) is 1. The Morgan fingerprint density at radius 2 is 1.83 bits per heavy atom. The zero-order chi connectivity index (χ0) is 25.2. The lowest BCUT2D eigenvalue weighted by atomic mass is 10.1. The van der Waals surface area contributed by atoms with Crippen molar-refractivity contribution in [2.75, 3.05) is 5.32 Å². The fraction of sp³-hybridized carbons (Fsp3) is 0.143. The molecule has 8 nitrogen and oxygen atoms in total. The van der Waals surface area contributed by atoms with Crippen LogP contribution in [0.4, 0.5) is 5.69 Å². The molecule has 0 saturated carbocycles. The third kappa shape index (κ3) is 4.74. The number of carbonyl (C=O) groups excluding carboxylic acids is 2. The number of aryl methyl sites for hydroxylation is 1. The maximum Gasteiger partial charge on any atom is 0.338 e. The fourth-order valence-corrected chi connectivity index (χ4v) is 4.17. The number of rotatable bonds is 6. The molecule has 0 aliphatic carbocycles. The standard InChI is InChI=1S/C28H23N3O5/c1-17(32)29-21-9-10-22-20(14-27(33)36-25(22)15-21)16-35-28(34)19-8-11-24-23(13-19)30-26(31(24)2)12-18-6-4-3-5-7-18/h3-11,13-15H,12,16H2,1-2H3,(H,29,32). The molecule has 5 aromatic rings. The van der Waals surface area contributed by atoms with Crippen molar-refractivity contribution < 1.29 is 18.7 Å². The fourth-order valence-electron chi connectivity index (χ4n) is 4.17. The smallest absolute Gasteiger partial charge is 0.338 e. The number of anilines is 1. The van der Waals surface area contributed by atoms with E-state index in [0.717, 1.165) is 16.9 Å². The van der Waals surface area contributed by atoms with E-state index in [1.165, 1.54) is 13.0 Å². The van der Waals surface area contributed by atoms with Crippen LogP contribution in [-0.4, -0.2) is 21.4 Å². The van der Waals surface area contributed by atoms with Crippen molar-refractivity contribution in [2.45, 2.75) is 20.0 Å². The largest absolute Gasteiger partial charge is 0.457 e. The molecule has 36 heavy (non-hydrogen) atoms. The van der Waals surface area contributed by atoms with E-state index in [2.05, 4.69) is 17.4 Å². The monoisotopic (exact) mass is 481 g/mol. The first-order valence-electron chi connectivity index (χ1n) is 11.4. The summed E-state index contributed by atoms with van der Waals surface area (Å²) in [5.41, 5.74) is 3.87. The number of nitrogens with one attached hydrogen (secondary N) is 1. The van der Waals surface area contributed by atoms with Crippen molar-refractivity contribution in [3.63, 3.8) is 0 Å². The number of aromatic nitrogens is 2. The molecule has 0 aliphatic rings. The van der Waals surface area contributed by atoms with E-state index in [0.29, 0.717) is 39.7 Å². The maximum atomic E-state index is 12.8. The van der Waals surface area contributed by atoms with Gasteiger partial charge in [-0.2, -0.15) is 0 Å². The molecular weight excluding hydrogens is 458 g/mol. The Bertz CT molecular complexity index is 1670. The van der Waals surface area contributed by atoms with Gasteiger partial charge < -0.3 is 19.0 Å². The number of imidazole rings is 1. The van der Waals surface area contributed by atoms with Crippen LogP contribution in [0.1, 0.15) is 34.2 Å². The van der Waals surface area contributed by atoms with Gasteiger partial charge >= 0.3 is 11.6 Å². The van der Waals surface area contributed by atoms with Crippen LogP contribution in [0.5, 0.6) is 0 Å². The van der Waals surface area contributed by atoms with Gasteiger partial charge in [-0.3, -0.25) is 4.79 Å². The van der Waals surface area contributed by atoms with Gasteiger partial charge in [-0.1, -0.05) is 30.3 Å². The van der Waals surface area contributed by atoms with E-state index < -0.39 is 11.6 Å². The molecular formula is C28H23N3O5. The number of ether oxygens (including phenoxy) is 1. The minimum Gasteiger partial charge on any atom is -0.457 e. The molecule has 0 bridgehead atoms. The number of amides is 1.